The second-order valence-electron chi connectivity index (χ2n) is 6.54. The lowest BCUT2D eigenvalue weighted by molar-refractivity contribution is -0.118. The van der Waals surface area contributed by atoms with Crippen molar-refractivity contribution in [3.05, 3.63) is 70.4 Å². The number of ether oxygens (including phenoxy) is 2. The van der Waals surface area contributed by atoms with E-state index in [9.17, 15) is 9.59 Å². The highest BCUT2D eigenvalue weighted by atomic mass is 32.1. The molecule has 0 bridgehead atoms. The van der Waals surface area contributed by atoms with E-state index in [0.29, 0.717) is 28.6 Å². The molecule has 0 fully saturated rings. The predicted molar refractivity (Wildman–Crippen MR) is 113 cm³/mol. The molecular formula is C22H20N2O4S. The van der Waals surface area contributed by atoms with Crippen LogP contribution in [0.25, 0.3) is 0 Å². The first-order valence-corrected chi connectivity index (χ1v) is 10.1. The Morgan fingerprint density at radius 1 is 1.10 bits per heavy atom. The monoisotopic (exact) mass is 408 g/mol. The SMILES string of the molecule is COc1cccc(OCC(=O)Nc2ccc3c(c2)N(C(=O)c2cccs2)CC3)c1. The van der Waals surface area contributed by atoms with Gasteiger partial charge in [-0.05, 0) is 47.7 Å². The van der Waals surface area contributed by atoms with Crippen LogP contribution in [-0.2, 0) is 11.2 Å². The van der Waals surface area contributed by atoms with Gasteiger partial charge in [0.25, 0.3) is 11.8 Å². The van der Waals surface area contributed by atoms with Crippen LogP contribution < -0.4 is 19.7 Å². The lowest BCUT2D eigenvalue weighted by atomic mass is 10.1. The third-order valence-corrected chi connectivity index (χ3v) is 5.51. The zero-order valence-electron chi connectivity index (χ0n) is 15.9. The van der Waals surface area contributed by atoms with Crippen LogP contribution >= 0.6 is 11.3 Å². The predicted octanol–water partition coefficient (Wildman–Crippen LogP) is 3.98. The van der Waals surface area contributed by atoms with E-state index in [1.54, 1.807) is 36.3 Å². The minimum absolute atomic E-state index is 0.0106. The normalized spacial score (nSPS) is 12.4. The Balaban J connectivity index is 1.41. The van der Waals surface area contributed by atoms with E-state index >= 15 is 0 Å². The molecule has 0 spiro atoms. The standard InChI is InChI=1S/C22H20N2O4S/c1-27-17-4-2-5-18(13-17)28-14-21(25)23-16-8-7-15-9-10-24(19(15)12-16)22(26)20-6-3-11-29-20/h2-8,11-13H,9-10,14H2,1H3,(H,23,25). The second kappa shape index (κ2) is 8.36. The Hall–Kier alpha value is -3.32. The van der Waals surface area contributed by atoms with Crippen molar-refractivity contribution in [3.63, 3.8) is 0 Å². The molecule has 0 atom stereocenters. The minimum Gasteiger partial charge on any atom is -0.497 e. The van der Waals surface area contributed by atoms with Gasteiger partial charge in [-0.25, -0.2) is 0 Å². The number of fused-ring (bicyclic) bond motifs is 1. The first-order chi connectivity index (χ1) is 14.1. The highest BCUT2D eigenvalue weighted by molar-refractivity contribution is 7.12. The number of methoxy groups -OCH3 is 1. The quantitative estimate of drug-likeness (QED) is 0.670. The number of carbonyl (C=O) groups is 2. The Morgan fingerprint density at radius 3 is 2.76 bits per heavy atom. The minimum atomic E-state index is -0.276. The molecule has 6 nitrogen and oxygen atoms in total. The zero-order valence-corrected chi connectivity index (χ0v) is 16.7. The fourth-order valence-electron chi connectivity index (χ4n) is 3.24. The van der Waals surface area contributed by atoms with E-state index in [1.807, 2.05) is 35.7 Å². The number of anilines is 2. The number of thiophene rings is 1. The Bertz CT molecular complexity index is 1030. The lowest BCUT2D eigenvalue weighted by Crippen LogP contribution is -2.28. The molecule has 3 aromatic rings. The fourth-order valence-corrected chi connectivity index (χ4v) is 3.91. The van der Waals surface area contributed by atoms with E-state index in [0.717, 1.165) is 17.7 Å². The van der Waals surface area contributed by atoms with E-state index in [4.69, 9.17) is 9.47 Å². The largest absolute Gasteiger partial charge is 0.497 e. The number of amides is 2. The summed E-state index contributed by atoms with van der Waals surface area (Å²) in [6, 6.07) is 16.4. The Labute approximate surface area is 172 Å². The van der Waals surface area contributed by atoms with Gasteiger partial charge >= 0.3 is 0 Å². The summed E-state index contributed by atoms with van der Waals surface area (Å²) in [6.45, 7) is 0.518. The molecule has 0 radical (unpaired) electrons. The molecule has 2 aromatic carbocycles. The average molecular weight is 408 g/mol. The second-order valence-corrected chi connectivity index (χ2v) is 7.49. The fraction of sp³-hybridized carbons (Fsp3) is 0.182. The summed E-state index contributed by atoms with van der Waals surface area (Å²) in [6.07, 6.45) is 0.805. The molecule has 7 heteroatoms. The van der Waals surface area contributed by atoms with Gasteiger partial charge in [0.1, 0.15) is 11.5 Å². The van der Waals surface area contributed by atoms with Crippen LogP contribution in [0, 0.1) is 0 Å². The molecule has 1 aliphatic rings. The maximum absolute atomic E-state index is 12.7. The molecule has 1 aromatic heterocycles. The van der Waals surface area contributed by atoms with E-state index in [2.05, 4.69) is 5.32 Å². The number of hydrogen-bond acceptors (Lipinski definition) is 5. The third-order valence-electron chi connectivity index (χ3n) is 4.65. The zero-order chi connectivity index (χ0) is 20.2. The summed E-state index contributed by atoms with van der Waals surface area (Å²) < 4.78 is 10.7. The van der Waals surface area contributed by atoms with E-state index < -0.39 is 0 Å². The summed E-state index contributed by atoms with van der Waals surface area (Å²) in [5.41, 5.74) is 2.57. The number of carbonyl (C=O) groups excluding carboxylic acids is 2. The molecule has 0 unspecified atom stereocenters. The molecular weight excluding hydrogens is 388 g/mol. The van der Waals surface area contributed by atoms with Crippen LogP contribution in [0.2, 0.25) is 0 Å². The highest BCUT2D eigenvalue weighted by Crippen LogP contribution is 2.32. The smallest absolute Gasteiger partial charge is 0.268 e. The maximum atomic E-state index is 12.7. The van der Waals surface area contributed by atoms with Crippen molar-refractivity contribution in [1.29, 1.82) is 0 Å². The van der Waals surface area contributed by atoms with Gasteiger partial charge < -0.3 is 19.7 Å². The molecule has 2 amide bonds. The van der Waals surface area contributed by atoms with Crippen LogP contribution in [0.15, 0.2) is 60.0 Å². The summed E-state index contributed by atoms with van der Waals surface area (Å²) in [5, 5.41) is 4.73. The van der Waals surface area contributed by atoms with Crippen molar-refractivity contribution in [2.75, 3.05) is 30.5 Å². The number of hydrogen-bond donors (Lipinski definition) is 1. The summed E-state index contributed by atoms with van der Waals surface area (Å²) in [7, 11) is 1.58. The van der Waals surface area contributed by atoms with Crippen molar-refractivity contribution >= 4 is 34.5 Å². The van der Waals surface area contributed by atoms with Crippen molar-refractivity contribution in [3.8, 4) is 11.5 Å². The molecule has 4 rings (SSSR count). The topological polar surface area (TPSA) is 67.9 Å². The number of benzene rings is 2. The summed E-state index contributed by atoms with van der Waals surface area (Å²) in [5.74, 6) is 0.934. The molecule has 1 N–H and O–H groups in total. The van der Waals surface area contributed by atoms with Gasteiger partial charge in [-0.15, -0.1) is 11.3 Å². The van der Waals surface area contributed by atoms with Gasteiger partial charge in [-0.3, -0.25) is 9.59 Å². The van der Waals surface area contributed by atoms with Crippen LogP contribution in [0.5, 0.6) is 11.5 Å². The van der Waals surface area contributed by atoms with Gasteiger partial charge in [0, 0.05) is 24.0 Å². The molecule has 0 saturated carbocycles. The van der Waals surface area contributed by atoms with Gasteiger partial charge in [-0.1, -0.05) is 18.2 Å². The molecule has 0 aliphatic carbocycles. The molecule has 148 valence electrons. The number of rotatable bonds is 6. The van der Waals surface area contributed by atoms with E-state index in [-0.39, 0.29) is 18.4 Å². The summed E-state index contributed by atoms with van der Waals surface area (Å²) in [4.78, 5) is 27.5. The molecule has 29 heavy (non-hydrogen) atoms. The van der Waals surface area contributed by atoms with Crippen LogP contribution in [0.4, 0.5) is 11.4 Å². The van der Waals surface area contributed by atoms with Crippen molar-refractivity contribution in [2.45, 2.75) is 6.42 Å². The maximum Gasteiger partial charge on any atom is 0.268 e. The number of nitrogens with one attached hydrogen (secondary N) is 1. The van der Waals surface area contributed by atoms with Gasteiger partial charge in [0.2, 0.25) is 0 Å². The van der Waals surface area contributed by atoms with Crippen LogP contribution in [0.1, 0.15) is 15.2 Å². The van der Waals surface area contributed by atoms with Crippen LogP contribution in [0.3, 0.4) is 0 Å². The Morgan fingerprint density at radius 2 is 1.97 bits per heavy atom. The first kappa shape index (κ1) is 19.0. The van der Waals surface area contributed by atoms with Gasteiger partial charge in [0.15, 0.2) is 6.61 Å². The highest BCUT2D eigenvalue weighted by Gasteiger charge is 2.26. The van der Waals surface area contributed by atoms with Crippen molar-refractivity contribution < 1.29 is 19.1 Å². The summed E-state index contributed by atoms with van der Waals surface area (Å²) >= 11 is 1.43. The van der Waals surface area contributed by atoms with E-state index in [1.165, 1.54) is 11.3 Å². The van der Waals surface area contributed by atoms with Crippen molar-refractivity contribution in [2.24, 2.45) is 0 Å². The molecule has 1 aliphatic heterocycles. The molecule has 2 heterocycles. The number of nitrogens with zero attached hydrogens (tertiary/aromatic N) is 1. The van der Waals surface area contributed by atoms with Crippen molar-refractivity contribution in [1.82, 2.24) is 0 Å². The van der Waals surface area contributed by atoms with Gasteiger partial charge in [-0.2, -0.15) is 0 Å². The Kier molecular flexibility index (Phi) is 5.48. The first-order valence-electron chi connectivity index (χ1n) is 9.19. The third kappa shape index (κ3) is 4.25. The average Bonchev–Trinajstić information content (AvgIpc) is 3.42. The van der Waals surface area contributed by atoms with Gasteiger partial charge in [0.05, 0.1) is 12.0 Å². The van der Waals surface area contributed by atoms with Crippen LogP contribution in [-0.4, -0.2) is 32.1 Å². The molecule has 0 saturated heterocycles. The lowest BCUT2D eigenvalue weighted by Gasteiger charge is -2.17.